The molecule has 2 amide bonds. The van der Waals surface area contributed by atoms with Crippen LogP contribution in [0.25, 0.3) is 0 Å². The molecule has 0 bridgehead atoms. The van der Waals surface area contributed by atoms with Crippen LogP contribution in [0.2, 0.25) is 10.0 Å². The number of carbonyl (C=O) groups is 2. The topological polar surface area (TPSA) is 61.4 Å². The molecule has 0 aromatic heterocycles. The van der Waals surface area contributed by atoms with Crippen molar-refractivity contribution in [3.8, 4) is 0 Å². The number of likely N-dealkylation sites (N-methyl/N-ethyl adjacent to an activating group) is 1. The minimum absolute atomic E-state index is 0.0308. The van der Waals surface area contributed by atoms with Gasteiger partial charge in [0.1, 0.15) is 0 Å². The van der Waals surface area contributed by atoms with Gasteiger partial charge < -0.3 is 10.6 Å². The van der Waals surface area contributed by atoms with Crippen molar-refractivity contribution in [3.63, 3.8) is 0 Å². The second-order valence-electron chi connectivity index (χ2n) is 6.61. The van der Waals surface area contributed by atoms with E-state index in [1.165, 1.54) is 19.3 Å². The third-order valence-electron chi connectivity index (χ3n) is 4.59. The number of halogens is 2. The summed E-state index contributed by atoms with van der Waals surface area (Å²) in [5.74, 6) is -0.241. The molecule has 0 radical (unpaired) electrons. The van der Waals surface area contributed by atoms with Gasteiger partial charge in [-0.1, -0.05) is 42.5 Å². The lowest BCUT2D eigenvalue weighted by Crippen LogP contribution is -2.49. The predicted octanol–water partition coefficient (Wildman–Crippen LogP) is 3.70. The Morgan fingerprint density at radius 3 is 2.52 bits per heavy atom. The number of hydrogen-bond donors (Lipinski definition) is 2. The fourth-order valence-electron chi connectivity index (χ4n) is 2.91. The fraction of sp³-hybridized carbons (Fsp3) is 0.556. The summed E-state index contributed by atoms with van der Waals surface area (Å²) in [7, 11) is 1.76. The molecule has 0 spiro atoms. The molecule has 1 aromatic rings. The van der Waals surface area contributed by atoms with E-state index in [1.54, 1.807) is 30.1 Å². The van der Waals surface area contributed by atoms with E-state index < -0.39 is 0 Å². The highest BCUT2D eigenvalue weighted by Crippen LogP contribution is 2.25. The van der Waals surface area contributed by atoms with Crippen LogP contribution < -0.4 is 10.6 Å². The smallest absolute Gasteiger partial charge is 0.238 e. The lowest BCUT2D eigenvalue weighted by atomic mass is 9.95. The summed E-state index contributed by atoms with van der Waals surface area (Å²) in [5.41, 5.74) is 0.576. The zero-order chi connectivity index (χ0) is 18.4. The number of benzene rings is 1. The van der Waals surface area contributed by atoms with Gasteiger partial charge in [-0.2, -0.15) is 0 Å². The molecule has 1 fully saturated rings. The summed E-state index contributed by atoms with van der Waals surface area (Å²) < 4.78 is 0. The van der Waals surface area contributed by atoms with E-state index in [4.69, 9.17) is 23.2 Å². The van der Waals surface area contributed by atoms with E-state index in [0.29, 0.717) is 15.7 Å². The van der Waals surface area contributed by atoms with Crippen molar-refractivity contribution in [1.82, 2.24) is 10.2 Å². The molecule has 1 aromatic carbocycles. The third kappa shape index (κ3) is 6.17. The van der Waals surface area contributed by atoms with E-state index in [2.05, 4.69) is 10.6 Å². The number of hydrogen-bond acceptors (Lipinski definition) is 3. The van der Waals surface area contributed by atoms with Crippen LogP contribution >= 0.6 is 23.2 Å². The predicted molar refractivity (Wildman–Crippen MR) is 102 cm³/mol. The Hall–Kier alpha value is -1.30. The molecular weight excluding hydrogens is 361 g/mol. The van der Waals surface area contributed by atoms with Gasteiger partial charge in [-0.05, 0) is 45.0 Å². The molecule has 7 heteroatoms. The van der Waals surface area contributed by atoms with Crippen LogP contribution in [0.5, 0.6) is 0 Å². The summed E-state index contributed by atoms with van der Waals surface area (Å²) in [6.07, 6.45) is 5.67. The van der Waals surface area contributed by atoms with Gasteiger partial charge in [0.2, 0.25) is 11.8 Å². The first-order valence-electron chi connectivity index (χ1n) is 8.62. The Bertz CT molecular complexity index is 618. The van der Waals surface area contributed by atoms with Crippen LogP contribution in [0.4, 0.5) is 5.69 Å². The van der Waals surface area contributed by atoms with Gasteiger partial charge in [0.15, 0.2) is 0 Å². The maximum atomic E-state index is 12.4. The summed E-state index contributed by atoms with van der Waals surface area (Å²) in [5, 5.41) is 6.67. The van der Waals surface area contributed by atoms with Crippen molar-refractivity contribution < 1.29 is 9.59 Å². The SMILES string of the molecule is CC(C(=O)NC1CCCCC1)N(C)CC(=O)Nc1ccc(Cl)c(Cl)c1. The number of nitrogens with zero attached hydrogens (tertiary/aromatic N) is 1. The Kier molecular flexibility index (Phi) is 7.54. The third-order valence-corrected chi connectivity index (χ3v) is 5.33. The second kappa shape index (κ2) is 9.41. The summed E-state index contributed by atoms with van der Waals surface area (Å²) >= 11 is 11.8. The number of anilines is 1. The van der Waals surface area contributed by atoms with Gasteiger partial charge in [-0.25, -0.2) is 0 Å². The molecular formula is C18H25Cl2N3O2. The molecule has 25 heavy (non-hydrogen) atoms. The van der Waals surface area contributed by atoms with Crippen molar-refractivity contribution in [2.24, 2.45) is 0 Å². The van der Waals surface area contributed by atoms with Crippen LogP contribution in [0.15, 0.2) is 18.2 Å². The summed E-state index contributed by atoms with van der Waals surface area (Å²) in [4.78, 5) is 26.3. The maximum Gasteiger partial charge on any atom is 0.238 e. The normalized spacial score (nSPS) is 16.5. The first kappa shape index (κ1) is 20.0. The number of nitrogens with one attached hydrogen (secondary N) is 2. The maximum absolute atomic E-state index is 12.4. The van der Waals surface area contributed by atoms with Crippen molar-refractivity contribution in [2.75, 3.05) is 18.9 Å². The average molecular weight is 386 g/mol. The van der Waals surface area contributed by atoms with E-state index in [-0.39, 0.29) is 30.4 Å². The second-order valence-corrected chi connectivity index (χ2v) is 7.43. The number of amides is 2. The standard InChI is InChI=1S/C18H25Cl2N3O2/c1-12(18(25)22-13-6-4-3-5-7-13)23(2)11-17(24)21-14-8-9-15(19)16(20)10-14/h8-10,12-13H,3-7,11H2,1-2H3,(H,21,24)(H,22,25). The van der Waals surface area contributed by atoms with Gasteiger partial charge in [0.05, 0.1) is 22.6 Å². The van der Waals surface area contributed by atoms with Crippen LogP contribution in [0, 0.1) is 0 Å². The van der Waals surface area contributed by atoms with Gasteiger partial charge in [-0.15, -0.1) is 0 Å². The number of rotatable bonds is 6. The van der Waals surface area contributed by atoms with Crippen LogP contribution in [-0.2, 0) is 9.59 Å². The fourth-order valence-corrected chi connectivity index (χ4v) is 3.20. The average Bonchev–Trinajstić information content (AvgIpc) is 2.58. The van der Waals surface area contributed by atoms with E-state index in [9.17, 15) is 9.59 Å². The lowest BCUT2D eigenvalue weighted by molar-refractivity contribution is -0.127. The minimum atomic E-state index is -0.374. The molecule has 0 heterocycles. The molecule has 1 atom stereocenters. The van der Waals surface area contributed by atoms with Crippen molar-refractivity contribution in [3.05, 3.63) is 28.2 Å². The molecule has 5 nitrogen and oxygen atoms in total. The Morgan fingerprint density at radius 1 is 1.20 bits per heavy atom. The van der Waals surface area contributed by atoms with Gasteiger partial charge in [0.25, 0.3) is 0 Å². The molecule has 1 saturated carbocycles. The first-order chi connectivity index (χ1) is 11.9. The van der Waals surface area contributed by atoms with Gasteiger partial charge in [0, 0.05) is 11.7 Å². The molecule has 138 valence electrons. The Balaban J connectivity index is 1.82. The summed E-state index contributed by atoms with van der Waals surface area (Å²) in [6, 6.07) is 4.80. The first-order valence-corrected chi connectivity index (χ1v) is 9.38. The molecule has 0 aliphatic heterocycles. The quantitative estimate of drug-likeness (QED) is 0.784. The molecule has 1 unspecified atom stereocenters. The molecule has 0 saturated heterocycles. The zero-order valence-corrected chi connectivity index (χ0v) is 16.2. The van der Waals surface area contributed by atoms with Crippen molar-refractivity contribution in [1.29, 1.82) is 0 Å². The summed E-state index contributed by atoms with van der Waals surface area (Å²) in [6.45, 7) is 1.92. The molecule has 2 N–H and O–H groups in total. The van der Waals surface area contributed by atoms with Crippen molar-refractivity contribution in [2.45, 2.75) is 51.1 Å². The molecule has 1 aliphatic carbocycles. The van der Waals surface area contributed by atoms with Crippen LogP contribution in [-0.4, -0.2) is 42.4 Å². The Morgan fingerprint density at radius 2 is 1.88 bits per heavy atom. The molecule has 2 rings (SSSR count). The van der Waals surface area contributed by atoms with Crippen molar-refractivity contribution >= 4 is 40.7 Å². The molecule has 1 aliphatic rings. The lowest BCUT2D eigenvalue weighted by Gasteiger charge is -2.28. The number of carbonyl (C=O) groups excluding carboxylic acids is 2. The largest absolute Gasteiger partial charge is 0.352 e. The highest BCUT2D eigenvalue weighted by Gasteiger charge is 2.23. The highest BCUT2D eigenvalue weighted by molar-refractivity contribution is 6.42. The van der Waals surface area contributed by atoms with Gasteiger partial charge in [-0.3, -0.25) is 14.5 Å². The monoisotopic (exact) mass is 385 g/mol. The zero-order valence-electron chi connectivity index (χ0n) is 14.6. The van der Waals surface area contributed by atoms with E-state index in [0.717, 1.165) is 12.8 Å². The van der Waals surface area contributed by atoms with Gasteiger partial charge >= 0.3 is 0 Å². The highest BCUT2D eigenvalue weighted by atomic mass is 35.5. The Labute approximate surface area is 159 Å². The minimum Gasteiger partial charge on any atom is -0.352 e. The van der Waals surface area contributed by atoms with E-state index in [1.807, 2.05) is 6.92 Å². The van der Waals surface area contributed by atoms with Crippen LogP contribution in [0.3, 0.4) is 0 Å². The van der Waals surface area contributed by atoms with E-state index >= 15 is 0 Å². The van der Waals surface area contributed by atoms with Crippen LogP contribution in [0.1, 0.15) is 39.0 Å².